The van der Waals surface area contributed by atoms with Gasteiger partial charge in [-0.25, -0.2) is 4.79 Å². The van der Waals surface area contributed by atoms with E-state index in [1.54, 1.807) is 19.2 Å². The van der Waals surface area contributed by atoms with Crippen LogP contribution in [-0.2, 0) is 0 Å². The van der Waals surface area contributed by atoms with Gasteiger partial charge >= 0.3 is 5.97 Å². The molecule has 26 heavy (non-hydrogen) atoms. The highest BCUT2D eigenvalue weighted by molar-refractivity contribution is 5.97. The summed E-state index contributed by atoms with van der Waals surface area (Å²) in [5.74, 6) is 0.244. The van der Waals surface area contributed by atoms with E-state index in [2.05, 4.69) is 17.1 Å². The molecular formula is C22H21NO3. The number of carbonyl (C=O) groups is 1. The number of fused-ring (bicyclic) bond motifs is 1. The van der Waals surface area contributed by atoms with Gasteiger partial charge in [-0.15, -0.1) is 0 Å². The van der Waals surface area contributed by atoms with E-state index in [-0.39, 0.29) is 0 Å². The van der Waals surface area contributed by atoms with Crippen LogP contribution < -0.4 is 4.74 Å². The van der Waals surface area contributed by atoms with Crippen LogP contribution in [0, 0.1) is 0 Å². The first kappa shape index (κ1) is 16.5. The van der Waals surface area contributed by atoms with Crippen molar-refractivity contribution in [3.8, 4) is 17.0 Å². The summed E-state index contributed by atoms with van der Waals surface area (Å²) in [6, 6.07) is 13.3. The summed E-state index contributed by atoms with van der Waals surface area (Å²) in [5.41, 5.74) is 4.54. The molecule has 0 spiro atoms. The van der Waals surface area contributed by atoms with Gasteiger partial charge in [-0.1, -0.05) is 18.2 Å². The molecule has 0 radical (unpaired) electrons. The van der Waals surface area contributed by atoms with Crippen molar-refractivity contribution in [1.82, 2.24) is 4.98 Å². The van der Waals surface area contributed by atoms with Gasteiger partial charge in [0.1, 0.15) is 5.75 Å². The Morgan fingerprint density at radius 3 is 2.65 bits per heavy atom. The van der Waals surface area contributed by atoms with Crippen molar-refractivity contribution in [2.45, 2.75) is 25.2 Å². The number of aromatic nitrogens is 1. The molecule has 4 heteroatoms. The molecule has 3 aromatic rings. The second kappa shape index (κ2) is 6.71. The lowest BCUT2D eigenvalue weighted by Crippen LogP contribution is -2.01. The fourth-order valence-corrected chi connectivity index (χ4v) is 3.78. The number of aromatic amines is 1. The minimum atomic E-state index is -0.911. The summed E-state index contributed by atoms with van der Waals surface area (Å²) in [5, 5.41) is 10.4. The normalized spacial score (nSPS) is 16.7. The van der Waals surface area contributed by atoms with Crippen LogP contribution >= 0.6 is 0 Å². The number of hydrogen-bond acceptors (Lipinski definition) is 2. The molecule has 0 bridgehead atoms. The topological polar surface area (TPSA) is 62.3 Å². The first-order chi connectivity index (χ1) is 12.7. The van der Waals surface area contributed by atoms with E-state index in [1.807, 2.05) is 30.3 Å². The van der Waals surface area contributed by atoms with Crippen molar-refractivity contribution in [3.63, 3.8) is 0 Å². The zero-order valence-corrected chi connectivity index (χ0v) is 14.7. The zero-order valence-electron chi connectivity index (χ0n) is 14.7. The Balaban J connectivity index is 1.92. The molecule has 1 aliphatic rings. The molecule has 1 aliphatic carbocycles. The third-order valence-electron chi connectivity index (χ3n) is 5.09. The van der Waals surface area contributed by atoms with Crippen molar-refractivity contribution in [1.29, 1.82) is 0 Å². The number of methoxy groups -OCH3 is 1. The number of hydrogen-bond donors (Lipinski definition) is 2. The fraction of sp³-hybridized carbons (Fsp3) is 0.227. The summed E-state index contributed by atoms with van der Waals surface area (Å²) in [7, 11) is 1.66. The second-order valence-electron chi connectivity index (χ2n) is 6.67. The molecule has 1 heterocycles. The quantitative estimate of drug-likeness (QED) is 0.624. The van der Waals surface area contributed by atoms with E-state index < -0.39 is 5.97 Å². The van der Waals surface area contributed by atoms with Crippen LogP contribution in [0.2, 0.25) is 0 Å². The van der Waals surface area contributed by atoms with Gasteiger partial charge < -0.3 is 14.8 Å². The number of carboxylic acids is 1. The molecule has 0 saturated heterocycles. The smallest absolute Gasteiger partial charge is 0.335 e. The maximum Gasteiger partial charge on any atom is 0.335 e. The van der Waals surface area contributed by atoms with Gasteiger partial charge in [0.2, 0.25) is 0 Å². The lowest BCUT2D eigenvalue weighted by Gasteiger charge is -2.18. The number of ether oxygens (including phenoxy) is 1. The molecule has 0 saturated carbocycles. The summed E-state index contributed by atoms with van der Waals surface area (Å²) in [6.45, 7) is 0. The third kappa shape index (κ3) is 2.88. The van der Waals surface area contributed by atoms with Crippen molar-refractivity contribution in [3.05, 3.63) is 65.7 Å². The Bertz CT molecular complexity index is 983. The minimum Gasteiger partial charge on any atom is -0.497 e. The van der Waals surface area contributed by atoms with Gasteiger partial charge in [0.25, 0.3) is 0 Å². The van der Waals surface area contributed by atoms with Crippen LogP contribution in [0.25, 0.3) is 22.2 Å². The van der Waals surface area contributed by atoms with Crippen LogP contribution in [0.4, 0.5) is 0 Å². The second-order valence-corrected chi connectivity index (χ2v) is 6.67. The molecule has 2 N–H and O–H groups in total. The van der Waals surface area contributed by atoms with Crippen LogP contribution in [0.1, 0.15) is 41.1 Å². The number of carboxylic acid groups (broad SMARTS) is 1. The lowest BCUT2D eigenvalue weighted by molar-refractivity contribution is 0.0697. The molecule has 2 aromatic carbocycles. The van der Waals surface area contributed by atoms with E-state index >= 15 is 0 Å². The van der Waals surface area contributed by atoms with Crippen LogP contribution in [0.5, 0.6) is 5.75 Å². The summed E-state index contributed by atoms with van der Waals surface area (Å²) in [6.07, 6.45) is 7.93. The molecule has 0 amide bonds. The molecule has 1 atom stereocenters. The monoisotopic (exact) mass is 347 g/mol. The molecule has 132 valence electrons. The van der Waals surface area contributed by atoms with Crippen molar-refractivity contribution in [2.75, 3.05) is 7.11 Å². The van der Waals surface area contributed by atoms with Gasteiger partial charge in [-0.2, -0.15) is 0 Å². The van der Waals surface area contributed by atoms with Crippen molar-refractivity contribution in [2.24, 2.45) is 0 Å². The van der Waals surface area contributed by atoms with Crippen molar-refractivity contribution >= 4 is 16.9 Å². The third-order valence-corrected chi connectivity index (χ3v) is 5.09. The summed E-state index contributed by atoms with van der Waals surface area (Å²) < 4.78 is 5.27. The van der Waals surface area contributed by atoms with Gasteiger partial charge in [0.15, 0.2) is 0 Å². The Hall–Kier alpha value is -3.01. The van der Waals surface area contributed by atoms with E-state index in [4.69, 9.17) is 4.74 Å². The van der Waals surface area contributed by atoms with E-state index in [0.717, 1.165) is 40.8 Å². The molecule has 1 aromatic heterocycles. The zero-order chi connectivity index (χ0) is 18.1. The predicted octanol–water partition coefficient (Wildman–Crippen LogP) is 5.37. The van der Waals surface area contributed by atoms with Crippen LogP contribution in [-0.4, -0.2) is 23.2 Å². The Morgan fingerprint density at radius 1 is 1.19 bits per heavy atom. The SMILES string of the molecule is COc1ccc(-c2[nH]c3cc(C(=O)O)ccc3c2C2C=CCCC2)cc1. The minimum absolute atomic E-state index is 0.297. The Morgan fingerprint density at radius 2 is 2.00 bits per heavy atom. The van der Waals surface area contributed by atoms with Gasteiger partial charge in [-0.3, -0.25) is 0 Å². The highest BCUT2D eigenvalue weighted by Crippen LogP contribution is 2.40. The first-order valence-corrected chi connectivity index (χ1v) is 8.87. The van der Waals surface area contributed by atoms with Gasteiger partial charge in [0.05, 0.1) is 18.4 Å². The summed E-state index contributed by atoms with van der Waals surface area (Å²) >= 11 is 0. The molecule has 4 rings (SSSR count). The lowest BCUT2D eigenvalue weighted by atomic mass is 9.86. The van der Waals surface area contributed by atoms with Crippen LogP contribution in [0.3, 0.4) is 0 Å². The number of H-pyrrole nitrogens is 1. The highest BCUT2D eigenvalue weighted by atomic mass is 16.5. The molecule has 4 nitrogen and oxygen atoms in total. The van der Waals surface area contributed by atoms with Gasteiger partial charge in [0, 0.05) is 16.8 Å². The van der Waals surface area contributed by atoms with Crippen molar-refractivity contribution < 1.29 is 14.6 Å². The molecule has 0 fully saturated rings. The largest absolute Gasteiger partial charge is 0.497 e. The standard InChI is InChI=1S/C22H21NO3/c1-26-17-10-7-15(8-11-17)21-20(14-5-3-2-4-6-14)18-12-9-16(22(24)25)13-19(18)23-21/h3,5,7-14,23H,2,4,6H2,1H3,(H,24,25). The molecule has 0 aliphatic heterocycles. The number of aromatic carboxylic acids is 1. The summed E-state index contributed by atoms with van der Waals surface area (Å²) in [4.78, 5) is 14.8. The van der Waals surface area contributed by atoms with E-state index in [0.29, 0.717) is 11.5 Å². The van der Waals surface area contributed by atoms with Crippen LogP contribution in [0.15, 0.2) is 54.6 Å². The number of nitrogens with one attached hydrogen (secondary N) is 1. The fourth-order valence-electron chi connectivity index (χ4n) is 3.78. The number of benzene rings is 2. The molecule has 1 unspecified atom stereocenters. The van der Waals surface area contributed by atoms with Gasteiger partial charge in [-0.05, 0) is 66.8 Å². The average Bonchev–Trinajstić information content (AvgIpc) is 3.07. The maximum atomic E-state index is 11.3. The Labute approximate surface area is 152 Å². The van der Waals surface area contributed by atoms with E-state index in [9.17, 15) is 9.90 Å². The average molecular weight is 347 g/mol. The first-order valence-electron chi connectivity index (χ1n) is 8.87. The maximum absolute atomic E-state index is 11.3. The van der Waals surface area contributed by atoms with E-state index in [1.165, 1.54) is 12.0 Å². The Kier molecular flexibility index (Phi) is 4.25. The number of rotatable bonds is 4. The molecular weight excluding hydrogens is 326 g/mol. The predicted molar refractivity (Wildman–Crippen MR) is 103 cm³/mol. The highest BCUT2D eigenvalue weighted by Gasteiger charge is 2.22. The number of allylic oxidation sites excluding steroid dienone is 2.